The average Bonchev–Trinajstić information content (AvgIpc) is 2.22. The van der Waals surface area contributed by atoms with Crippen molar-refractivity contribution in [2.75, 3.05) is 19.7 Å². The third-order valence-electron chi connectivity index (χ3n) is 2.44. The standard InChI is InChI=1S/C12H26N2O2/c1-6-7-14(12(4,5)9-13)11(15)16-8-10(2)3/h10H,6-9,13H2,1-5H3. The number of nitrogens with two attached hydrogens (primary N) is 1. The third kappa shape index (κ3) is 4.84. The number of hydrogen-bond donors (Lipinski definition) is 1. The van der Waals surface area contributed by atoms with Gasteiger partial charge in [-0.3, -0.25) is 0 Å². The predicted octanol–water partition coefficient (Wildman–Crippen LogP) is 2.23. The molecule has 4 heteroatoms. The Morgan fingerprint density at radius 3 is 2.38 bits per heavy atom. The molecule has 0 bridgehead atoms. The summed E-state index contributed by atoms with van der Waals surface area (Å²) in [4.78, 5) is 13.6. The van der Waals surface area contributed by atoms with Gasteiger partial charge in [0.15, 0.2) is 0 Å². The van der Waals surface area contributed by atoms with E-state index in [0.717, 1.165) is 6.42 Å². The number of hydrogen-bond acceptors (Lipinski definition) is 3. The second-order valence-electron chi connectivity index (χ2n) is 5.14. The minimum atomic E-state index is -0.343. The maximum Gasteiger partial charge on any atom is 0.410 e. The molecule has 0 aliphatic rings. The third-order valence-corrected chi connectivity index (χ3v) is 2.44. The molecule has 0 aliphatic carbocycles. The second-order valence-corrected chi connectivity index (χ2v) is 5.14. The lowest BCUT2D eigenvalue weighted by Gasteiger charge is -2.36. The fraction of sp³-hybridized carbons (Fsp3) is 0.917. The number of carbonyl (C=O) groups excluding carboxylic acids is 1. The quantitative estimate of drug-likeness (QED) is 0.761. The van der Waals surface area contributed by atoms with Crippen LogP contribution in [0.5, 0.6) is 0 Å². The van der Waals surface area contributed by atoms with Crippen LogP contribution in [0.3, 0.4) is 0 Å². The highest BCUT2D eigenvalue weighted by molar-refractivity contribution is 5.68. The van der Waals surface area contributed by atoms with Crippen molar-refractivity contribution >= 4 is 6.09 Å². The summed E-state index contributed by atoms with van der Waals surface area (Å²) in [5, 5.41) is 0. The molecule has 0 aliphatic heterocycles. The van der Waals surface area contributed by atoms with Crippen molar-refractivity contribution in [1.29, 1.82) is 0 Å². The van der Waals surface area contributed by atoms with Crippen molar-refractivity contribution in [3.05, 3.63) is 0 Å². The Morgan fingerprint density at radius 2 is 2.00 bits per heavy atom. The molecule has 0 heterocycles. The van der Waals surface area contributed by atoms with Crippen LogP contribution in [0.4, 0.5) is 4.79 Å². The Balaban J connectivity index is 4.47. The van der Waals surface area contributed by atoms with E-state index >= 15 is 0 Å². The molecule has 4 nitrogen and oxygen atoms in total. The van der Waals surface area contributed by atoms with Crippen molar-refractivity contribution in [3.8, 4) is 0 Å². The van der Waals surface area contributed by atoms with Crippen molar-refractivity contribution in [3.63, 3.8) is 0 Å². The molecular formula is C12H26N2O2. The van der Waals surface area contributed by atoms with Crippen LogP contribution < -0.4 is 5.73 Å². The molecule has 0 saturated heterocycles. The smallest absolute Gasteiger partial charge is 0.410 e. The summed E-state index contributed by atoms with van der Waals surface area (Å²) >= 11 is 0. The van der Waals surface area contributed by atoms with E-state index in [0.29, 0.717) is 25.6 Å². The van der Waals surface area contributed by atoms with Gasteiger partial charge in [0.2, 0.25) is 0 Å². The van der Waals surface area contributed by atoms with Crippen molar-refractivity contribution < 1.29 is 9.53 Å². The molecule has 0 aromatic rings. The monoisotopic (exact) mass is 230 g/mol. The SMILES string of the molecule is CCCN(C(=O)OCC(C)C)C(C)(C)CN. The van der Waals surface area contributed by atoms with Crippen LogP contribution in [0.2, 0.25) is 0 Å². The lowest BCUT2D eigenvalue weighted by Crippen LogP contribution is -2.52. The molecule has 16 heavy (non-hydrogen) atoms. The Hall–Kier alpha value is -0.770. The summed E-state index contributed by atoms with van der Waals surface area (Å²) in [6, 6.07) is 0. The zero-order valence-corrected chi connectivity index (χ0v) is 11.2. The summed E-state index contributed by atoms with van der Waals surface area (Å²) in [7, 11) is 0. The number of rotatable bonds is 6. The summed E-state index contributed by atoms with van der Waals surface area (Å²) in [6.45, 7) is 11.6. The van der Waals surface area contributed by atoms with Crippen LogP contribution in [-0.2, 0) is 4.74 Å². The molecule has 0 atom stereocenters. The van der Waals surface area contributed by atoms with E-state index < -0.39 is 0 Å². The Morgan fingerprint density at radius 1 is 1.44 bits per heavy atom. The van der Waals surface area contributed by atoms with Crippen LogP contribution in [0.15, 0.2) is 0 Å². The van der Waals surface area contributed by atoms with Crippen LogP contribution in [0.1, 0.15) is 41.0 Å². The van der Waals surface area contributed by atoms with E-state index in [1.54, 1.807) is 4.90 Å². The molecule has 2 N–H and O–H groups in total. The normalized spacial score (nSPS) is 11.7. The zero-order chi connectivity index (χ0) is 12.8. The van der Waals surface area contributed by atoms with Crippen molar-refractivity contribution in [2.45, 2.75) is 46.6 Å². The lowest BCUT2D eigenvalue weighted by atomic mass is 10.0. The molecule has 0 unspecified atom stereocenters. The van der Waals surface area contributed by atoms with E-state index in [1.165, 1.54) is 0 Å². The van der Waals surface area contributed by atoms with Crippen LogP contribution in [0, 0.1) is 5.92 Å². The first-order chi connectivity index (χ1) is 7.35. The van der Waals surface area contributed by atoms with E-state index in [4.69, 9.17) is 10.5 Å². The van der Waals surface area contributed by atoms with Gasteiger partial charge in [-0.25, -0.2) is 4.79 Å². The average molecular weight is 230 g/mol. The second kappa shape index (κ2) is 6.74. The molecule has 0 radical (unpaired) electrons. The molecule has 0 aromatic heterocycles. The summed E-state index contributed by atoms with van der Waals surface area (Å²) in [5.41, 5.74) is 5.34. The summed E-state index contributed by atoms with van der Waals surface area (Å²) in [6.07, 6.45) is 0.645. The Labute approximate surface area is 99.1 Å². The molecule has 0 fully saturated rings. The molecule has 96 valence electrons. The van der Waals surface area contributed by atoms with Crippen molar-refractivity contribution in [1.82, 2.24) is 4.90 Å². The van der Waals surface area contributed by atoms with E-state index in [-0.39, 0.29) is 11.6 Å². The first kappa shape index (κ1) is 15.2. The van der Waals surface area contributed by atoms with Gasteiger partial charge < -0.3 is 15.4 Å². The number of carbonyl (C=O) groups is 1. The molecular weight excluding hydrogens is 204 g/mol. The number of nitrogens with zero attached hydrogens (tertiary/aromatic N) is 1. The maximum atomic E-state index is 11.9. The number of amides is 1. The molecule has 0 spiro atoms. The van der Waals surface area contributed by atoms with Crippen LogP contribution in [0.25, 0.3) is 0 Å². The fourth-order valence-electron chi connectivity index (χ4n) is 1.29. The van der Waals surface area contributed by atoms with Gasteiger partial charge >= 0.3 is 6.09 Å². The highest BCUT2D eigenvalue weighted by Gasteiger charge is 2.30. The van der Waals surface area contributed by atoms with Gasteiger partial charge in [-0.2, -0.15) is 0 Å². The Kier molecular flexibility index (Phi) is 6.41. The van der Waals surface area contributed by atoms with E-state index in [9.17, 15) is 4.79 Å². The topological polar surface area (TPSA) is 55.6 Å². The summed E-state index contributed by atoms with van der Waals surface area (Å²) in [5.74, 6) is 0.355. The first-order valence-corrected chi connectivity index (χ1v) is 5.99. The zero-order valence-electron chi connectivity index (χ0n) is 11.2. The summed E-state index contributed by atoms with van der Waals surface area (Å²) < 4.78 is 5.24. The number of ether oxygens (including phenoxy) is 1. The van der Waals surface area contributed by atoms with E-state index in [2.05, 4.69) is 0 Å². The lowest BCUT2D eigenvalue weighted by molar-refractivity contribution is 0.0573. The largest absolute Gasteiger partial charge is 0.449 e. The van der Waals surface area contributed by atoms with Gasteiger partial charge in [0.05, 0.1) is 12.1 Å². The molecule has 1 amide bonds. The molecule has 0 aromatic carbocycles. The maximum absolute atomic E-state index is 11.9. The van der Waals surface area contributed by atoms with Crippen molar-refractivity contribution in [2.24, 2.45) is 11.7 Å². The van der Waals surface area contributed by atoms with Gasteiger partial charge in [-0.15, -0.1) is 0 Å². The molecule has 0 saturated carbocycles. The van der Waals surface area contributed by atoms with Crippen LogP contribution >= 0.6 is 0 Å². The highest BCUT2D eigenvalue weighted by Crippen LogP contribution is 2.15. The predicted molar refractivity (Wildman–Crippen MR) is 66.3 cm³/mol. The van der Waals surface area contributed by atoms with Gasteiger partial charge in [-0.05, 0) is 26.2 Å². The highest BCUT2D eigenvalue weighted by atomic mass is 16.6. The molecule has 0 rings (SSSR count). The first-order valence-electron chi connectivity index (χ1n) is 5.99. The van der Waals surface area contributed by atoms with Gasteiger partial charge in [0.1, 0.15) is 0 Å². The Bertz CT molecular complexity index is 215. The minimum absolute atomic E-state index is 0.258. The van der Waals surface area contributed by atoms with Gasteiger partial charge in [-0.1, -0.05) is 20.8 Å². The van der Waals surface area contributed by atoms with E-state index in [1.807, 2.05) is 34.6 Å². The minimum Gasteiger partial charge on any atom is -0.449 e. The fourth-order valence-corrected chi connectivity index (χ4v) is 1.29. The van der Waals surface area contributed by atoms with Gasteiger partial charge in [0, 0.05) is 13.1 Å². The van der Waals surface area contributed by atoms with Crippen LogP contribution in [-0.4, -0.2) is 36.2 Å². The van der Waals surface area contributed by atoms with Gasteiger partial charge in [0.25, 0.3) is 0 Å².